The Morgan fingerprint density at radius 3 is 3.03 bits per heavy atom. The normalized spacial score (nSPS) is 23.9. The van der Waals surface area contributed by atoms with E-state index >= 15 is 0 Å². The van der Waals surface area contributed by atoms with Crippen LogP contribution in [0.5, 0.6) is 0 Å². The van der Waals surface area contributed by atoms with E-state index in [1.165, 1.54) is 0 Å². The van der Waals surface area contributed by atoms with Crippen LogP contribution in [0.2, 0.25) is 0 Å². The van der Waals surface area contributed by atoms with E-state index in [2.05, 4.69) is 26.1 Å². The molecule has 0 spiro atoms. The molecule has 10 heteroatoms. The van der Waals surface area contributed by atoms with Gasteiger partial charge in [-0.3, -0.25) is 9.89 Å². The third-order valence-corrected chi connectivity index (χ3v) is 6.34. The van der Waals surface area contributed by atoms with Gasteiger partial charge in [-0.15, -0.1) is 5.10 Å². The van der Waals surface area contributed by atoms with Gasteiger partial charge in [0.1, 0.15) is 11.1 Å². The molecule has 3 aromatic rings. The van der Waals surface area contributed by atoms with Crippen LogP contribution in [-0.4, -0.2) is 61.9 Å². The number of H-pyrrole nitrogens is 1. The van der Waals surface area contributed by atoms with Crippen LogP contribution in [0.15, 0.2) is 24.4 Å². The second-order valence-electron chi connectivity index (χ2n) is 8.71. The van der Waals surface area contributed by atoms with Crippen molar-refractivity contribution in [2.45, 2.75) is 51.1 Å². The van der Waals surface area contributed by atoms with Crippen molar-refractivity contribution in [2.24, 2.45) is 0 Å². The number of carbonyl (C=O) groups is 1. The lowest BCUT2D eigenvalue weighted by Gasteiger charge is -2.36. The number of nitrogens with zero attached hydrogens (tertiary/aromatic N) is 5. The van der Waals surface area contributed by atoms with Gasteiger partial charge in [0.2, 0.25) is 11.9 Å². The largest absolute Gasteiger partial charge is 0.350 e. The lowest BCUT2D eigenvalue weighted by molar-refractivity contribution is -0.126. The molecule has 31 heavy (non-hydrogen) atoms. The first kappa shape index (κ1) is 19.8. The fraction of sp³-hybridized carbons (Fsp3) is 0.524. The van der Waals surface area contributed by atoms with Crippen molar-refractivity contribution in [2.75, 3.05) is 29.9 Å². The van der Waals surface area contributed by atoms with Gasteiger partial charge in [0, 0.05) is 37.1 Å². The number of nitrogens with one attached hydrogen (secondary N) is 4. The summed E-state index contributed by atoms with van der Waals surface area (Å²) in [5, 5.41) is 21.8. The number of carbonyl (C=O) groups excluding carboxylic acids is 1. The quantitative estimate of drug-likeness (QED) is 0.494. The number of anilines is 3. The van der Waals surface area contributed by atoms with E-state index in [4.69, 9.17) is 10.1 Å². The highest BCUT2D eigenvalue weighted by Crippen LogP contribution is 2.34. The monoisotopic (exact) mass is 423 g/mol. The Hall–Kier alpha value is -3.14. The maximum absolute atomic E-state index is 13.3. The predicted octanol–water partition coefficient (Wildman–Crippen LogP) is 1.73. The highest BCUT2D eigenvalue weighted by molar-refractivity contribution is 5.90. The van der Waals surface area contributed by atoms with Crippen molar-refractivity contribution in [1.29, 1.82) is 0 Å². The molecule has 0 aromatic carbocycles. The standard InChI is InChI=1S/C21H29N9O/c1-14-12-17(27-26-14)24-18-16-7-4-11-30(16)28-20(25-18)29-10-5-8-21(29,2)19(31)23-15-6-3-9-22-13-15/h4,7,11-12,15,22H,3,5-6,8-10,13H2,1-2H3,(H,23,31)(H2,24,25,26,27,28)/t15?,21-/m0/s1. The van der Waals surface area contributed by atoms with Gasteiger partial charge in [0.15, 0.2) is 11.6 Å². The number of hydrogen-bond acceptors (Lipinski definition) is 7. The zero-order chi connectivity index (χ0) is 21.4. The van der Waals surface area contributed by atoms with Gasteiger partial charge < -0.3 is 20.9 Å². The molecule has 5 heterocycles. The van der Waals surface area contributed by atoms with Crippen molar-refractivity contribution < 1.29 is 4.79 Å². The molecule has 1 unspecified atom stereocenters. The van der Waals surface area contributed by atoms with Gasteiger partial charge in [-0.1, -0.05) is 0 Å². The molecule has 164 valence electrons. The molecule has 4 N–H and O–H groups in total. The van der Waals surface area contributed by atoms with Crippen molar-refractivity contribution in [3.05, 3.63) is 30.1 Å². The van der Waals surface area contributed by atoms with Crippen LogP contribution in [0.1, 0.15) is 38.3 Å². The maximum Gasteiger partial charge on any atom is 0.246 e. The fourth-order valence-electron chi connectivity index (χ4n) is 4.57. The van der Waals surface area contributed by atoms with Crippen LogP contribution in [0, 0.1) is 6.92 Å². The number of piperidine rings is 1. The molecule has 2 aliphatic rings. The summed E-state index contributed by atoms with van der Waals surface area (Å²) < 4.78 is 1.80. The van der Waals surface area contributed by atoms with E-state index in [1.807, 2.05) is 43.1 Å². The van der Waals surface area contributed by atoms with Crippen LogP contribution < -0.4 is 20.9 Å². The molecule has 3 aromatic heterocycles. The minimum Gasteiger partial charge on any atom is -0.350 e. The van der Waals surface area contributed by atoms with Crippen molar-refractivity contribution in [3.8, 4) is 0 Å². The average Bonchev–Trinajstić information content (AvgIpc) is 3.49. The van der Waals surface area contributed by atoms with Crippen LogP contribution in [0.3, 0.4) is 0 Å². The second kappa shape index (κ2) is 7.84. The van der Waals surface area contributed by atoms with Gasteiger partial charge in [0.25, 0.3) is 0 Å². The lowest BCUT2D eigenvalue weighted by Crippen LogP contribution is -2.58. The number of amides is 1. The number of aryl methyl sites for hydroxylation is 1. The number of rotatable bonds is 5. The average molecular weight is 424 g/mol. The van der Waals surface area contributed by atoms with Crippen molar-refractivity contribution in [3.63, 3.8) is 0 Å². The molecule has 5 rings (SSSR count). The number of aromatic amines is 1. The molecule has 0 bridgehead atoms. The van der Waals surface area contributed by atoms with Crippen molar-refractivity contribution >= 4 is 29.0 Å². The van der Waals surface area contributed by atoms with Gasteiger partial charge >= 0.3 is 0 Å². The molecule has 2 fully saturated rings. The fourth-order valence-corrected chi connectivity index (χ4v) is 4.57. The zero-order valence-corrected chi connectivity index (χ0v) is 18.0. The lowest BCUT2D eigenvalue weighted by atomic mass is 9.96. The van der Waals surface area contributed by atoms with E-state index < -0.39 is 5.54 Å². The Labute approximate surface area is 180 Å². The first-order chi connectivity index (χ1) is 15.0. The van der Waals surface area contributed by atoms with Crippen LogP contribution in [-0.2, 0) is 4.79 Å². The Morgan fingerprint density at radius 2 is 2.26 bits per heavy atom. The smallest absolute Gasteiger partial charge is 0.246 e. The molecule has 0 radical (unpaired) electrons. The second-order valence-corrected chi connectivity index (χ2v) is 8.71. The summed E-state index contributed by atoms with van der Waals surface area (Å²) in [5.41, 5.74) is 1.13. The topological polar surface area (TPSA) is 115 Å². The van der Waals surface area contributed by atoms with E-state index in [0.29, 0.717) is 17.6 Å². The highest BCUT2D eigenvalue weighted by Gasteiger charge is 2.45. The molecule has 2 saturated heterocycles. The summed E-state index contributed by atoms with van der Waals surface area (Å²) in [7, 11) is 0. The van der Waals surface area contributed by atoms with Crippen LogP contribution in [0.25, 0.3) is 5.52 Å². The molecule has 0 aliphatic carbocycles. The molecule has 1 amide bonds. The molecule has 0 saturated carbocycles. The summed E-state index contributed by atoms with van der Waals surface area (Å²) in [4.78, 5) is 20.2. The SMILES string of the molecule is Cc1cc(Nc2nc(N3CCC[C@@]3(C)C(=O)NC3CCCNC3)nn3cccc23)n[nH]1. The van der Waals surface area contributed by atoms with Crippen LogP contribution >= 0.6 is 0 Å². The van der Waals surface area contributed by atoms with Gasteiger partial charge in [-0.25, -0.2) is 4.52 Å². The maximum atomic E-state index is 13.3. The van der Waals surface area contributed by atoms with E-state index in [0.717, 1.165) is 56.5 Å². The molecular formula is C21H29N9O. The van der Waals surface area contributed by atoms with E-state index in [9.17, 15) is 4.79 Å². The Kier molecular flexibility index (Phi) is 5.01. The Bertz CT molecular complexity index is 1080. The molecule has 10 nitrogen and oxygen atoms in total. The number of aromatic nitrogens is 5. The first-order valence-electron chi connectivity index (χ1n) is 11.0. The Morgan fingerprint density at radius 1 is 1.35 bits per heavy atom. The summed E-state index contributed by atoms with van der Waals surface area (Å²) in [6, 6.07) is 5.99. The number of hydrogen-bond donors (Lipinski definition) is 4. The van der Waals surface area contributed by atoms with E-state index in [1.54, 1.807) is 4.52 Å². The summed E-state index contributed by atoms with van der Waals surface area (Å²) in [5.74, 6) is 1.94. The van der Waals surface area contributed by atoms with Crippen molar-refractivity contribution in [1.82, 2.24) is 35.4 Å². The summed E-state index contributed by atoms with van der Waals surface area (Å²) in [6.45, 7) is 6.53. The third-order valence-electron chi connectivity index (χ3n) is 6.34. The van der Waals surface area contributed by atoms with E-state index in [-0.39, 0.29) is 11.9 Å². The minimum atomic E-state index is -0.682. The zero-order valence-electron chi connectivity index (χ0n) is 18.0. The Balaban J connectivity index is 1.45. The minimum absolute atomic E-state index is 0.0485. The van der Waals surface area contributed by atoms with Gasteiger partial charge in [-0.05, 0) is 58.2 Å². The van der Waals surface area contributed by atoms with Crippen LogP contribution in [0.4, 0.5) is 17.6 Å². The third kappa shape index (κ3) is 3.71. The molecule has 2 atom stereocenters. The predicted molar refractivity (Wildman–Crippen MR) is 119 cm³/mol. The molecular weight excluding hydrogens is 394 g/mol. The van der Waals surface area contributed by atoms with Gasteiger partial charge in [-0.2, -0.15) is 10.1 Å². The van der Waals surface area contributed by atoms with Gasteiger partial charge in [0.05, 0.1) is 0 Å². The number of fused-ring (bicyclic) bond motifs is 1. The summed E-state index contributed by atoms with van der Waals surface area (Å²) in [6.07, 6.45) is 5.68. The molecule has 2 aliphatic heterocycles. The first-order valence-corrected chi connectivity index (χ1v) is 11.0. The summed E-state index contributed by atoms with van der Waals surface area (Å²) >= 11 is 0. The highest BCUT2D eigenvalue weighted by atomic mass is 16.2.